The molecular formula is C53H35N3. The standard InChI is InChI=1S/C53H35N3/c54-36-37-16-18-38(19-17-37)39-20-22-40(23-21-39)41-24-28-44(29-25-41)55(45-30-26-43(27-31-45)49-13-7-9-42-8-1-2-10-48(42)49)46-32-34-47(35-33-46)56-52-14-5-3-11-50(52)51-12-4-6-15-53(51)56/h1-35H. The molecule has 56 heavy (non-hydrogen) atoms. The molecule has 10 rings (SSSR count). The topological polar surface area (TPSA) is 32.0 Å². The van der Waals surface area contributed by atoms with Crippen LogP contribution in [0, 0.1) is 11.3 Å². The first kappa shape index (κ1) is 32.9. The lowest BCUT2D eigenvalue weighted by Gasteiger charge is -2.26. The number of hydrogen-bond acceptors (Lipinski definition) is 2. The van der Waals surface area contributed by atoms with E-state index >= 15 is 0 Å². The molecule has 0 aliphatic carbocycles. The van der Waals surface area contributed by atoms with Crippen molar-refractivity contribution in [1.29, 1.82) is 5.26 Å². The Hall–Kier alpha value is -7.67. The van der Waals surface area contributed by atoms with Crippen molar-refractivity contribution in [1.82, 2.24) is 4.57 Å². The second-order valence-corrected chi connectivity index (χ2v) is 14.1. The summed E-state index contributed by atoms with van der Waals surface area (Å²) in [6.07, 6.45) is 0. The predicted octanol–water partition coefficient (Wildman–Crippen LogP) is 14.3. The summed E-state index contributed by atoms with van der Waals surface area (Å²) >= 11 is 0. The van der Waals surface area contributed by atoms with E-state index in [0.717, 1.165) is 45.0 Å². The summed E-state index contributed by atoms with van der Waals surface area (Å²) in [7, 11) is 0. The van der Waals surface area contributed by atoms with Gasteiger partial charge >= 0.3 is 0 Å². The molecule has 262 valence electrons. The lowest BCUT2D eigenvalue weighted by atomic mass is 9.98. The Morgan fingerprint density at radius 3 is 1.30 bits per heavy atom. The van der Waals surface area contributed by atoms with Crippen molar-refractivity contribution in [3.63, 3.8) is 0 Å². The Bertz CT molecular complexity index is 2980. The summed E-state index contributed by atoms with van der Waals surface area (Å²) in [5.41, 5.74) is 14.3. The smallest absolute Gasteiger partial charge is 0.0991 e. The fourth-order valence-electron chi connectivity index (χ4n) is 8.06. The van der Waals surface area contributed by atoms with Gasteiger partial charge in [0, 0.05) is 33.5 Å². The third-order valence-corrected chi connectivity index (χ3v) is 10.9. The highest BCUT2D eigenvalue weighted by Gasteiger charge is 2.16. The summed E-state index contributed by atoms with van der Waals surface area (Å²) in [6.45, 7) is 0. The molecule has 0 fully saturated rings. The number of anilines is 3. The van der Waals surface area contributed by atoms with Gasteiger partial charge in [-0.2, -0.15) is 5.26 Å². The van der Waals surface area contributed by atoms with Crippen LogP contribution in [0.3, 0.4) is 0 Å². The molecule has 0 atom stereocenters. The maximum Gasteiger partial charge on any atom is 0.0991 e. The largest absolute Gasteiger partial charge is 0.311 e. The number of nitrogens with zero attached hydrogens (tertiary/aromatic N) is 3. The Kier molecular flexibility index (Phi) is 8.21. The van der Waals surface area contributed by atoms with E-state index in [9.17, 15) is 5.26 Å². The quantitative estimate of drug-likeness (QED) is 0.165. The minimum absolute atomic E-state index is 0.666. The van der Waals surface area contributed by atoms with Gasteiger partial charge in [-0.3, -0.25) is 0 Å². The van der Waals surface area contributed by atoms with E-state index in [2.05, 4.69) is 204 Å². The van der Waals surface area contributed by atoms with Crippen molar-refractivity contribution in [2.45, 2.75) is 0 Å². The zero-order valence-corrected chi connectivity index (χ0v) is 30.5. The van der Waals surface area contributed by atoms with E-state index < -0.39 is 0 Å². The van der Waals surface area contributed by atoms with Crippen molar-refractivity contribution < 1.29 is 0 Å². The van der Waals surface area contributed by atoms with Crippen LogP contribution in [-0.2, 0) is 0 Å². The van der Waals surface area contributed by atoms with Crippen molar-refractivity contribution in [2.75, 3.05) is 4.90 Å². The molecule has 9 aromatic carbocycles. The van der Waals surface area contributed by atoms with E-state index in [1.807, 2.05) is 24.3 Å². The predicted molar refractivity (Wildman–Crippen MR) is 234 cm³/mol. The van der Waals surface area contributed by atoms with Crippen molar-refractivity contribution in [2.24, 2.45) is 0 Å². The Balaban J connectivity index is 1.02. The van der Waals surface area contributed by atoms with Crippen molar-refractivity contribution in [3.05, 3.63) is 218 Å². The maximum absolute atomic E-state index is 9.19. The van der Waals surface area contributed by atoms with Crippen LogP contribution >= 0.6 is 0 Å². The normalized spacial score (nSPS) is 11.2. The van der Waals surface area contributed by atoms with Crippen molar-refractivity contribution >= 4 is 49.6 Å². The molecule has 0 bridgehead atoms. The Labute approximate surface area is 326 Å². The first-order valence-corrected chi connectivity index (χ1v) is 18.9. The van der Waals surface area contributed by atoms with Gasteiger partial charge in [-0.25, -0.2) is 0 Å². The number of nitriles is 1. The molecule has 10 aromatic rings. The van der Waals surface area contributed by atoms with Crippen LogP contribution in [0.15, 0.2) is 212 Å². The van der Waals surface area contributed by atoms with E-state index in [4.69, 9.17) is 0 Å². The van der Waals surface area contributed by atoms with Crippen LogP contribution in [0.1, 0.15) is 5.56 Å². The first-order valence-electron chi connectivity index (χ1n) is 18.9. The molecule has 0 amide bonds. The fraction of sp³-hybridized carbons (Fsp3) is 0. The Morgan fingerprint density at radius 1 is 0.357 bits per heavy atom. The molecule has 0 saturated carbocycles. The van der Waals surface area contributed by atoms with Gasteiger partial charge in [-0.15, -0.1) is 0 Å². The van der Waals surface area contributed by atoms with E-state index in [1.165, 1.54) is 43.7 Å². The van der Waals surface area contributed by atoms with Crippen LogP contribution in [0.5, 0.6) is 0 Å². The molecule has 1 heterocycles. The van der Waals surface area contributed by atoms with Gasteiger partial charge in [-0.1, -0.05) is 140 Å². The van der Waals surface area contributed by atoms with E-state index in [-0.39, 0.29) is 0 Å². The number of aromatic nitrogens is 1. The molecule has 0 unspecified atom stereocenters. The zero-order chi connectivity index (χ0) is 37.4. The summed E-state index contributed by atoms with van der Waals surface area (Å²) in [6, 6.07) is 77.6. The number of benzene rings is 9. The molecule has 1 aromatic heterocycles. The van der Waals surface area contributed by atoms with Crippen LogP contribution < -0.4 is 4.90 Å². The SMILES string of the molecule is N#Cc1ccc(-c2ccc(-c3ccc(N(c4ccc(-c5cccc6ccccc56)cc4)c4ccc(-n5c6ccccc6c6ccccc65)cc4)cc3)cc2)cc1. The Morgan fingerprint density at radius 2 is 0.768 bits per heavy atom. The number of hydrogen-bond donors (Lipinski definition) is 0. The molecule has 0 saturated heterocycles. The summed E-state index contributed by atoms with van der Waals surface area (Å²) in [5, 5.41) is 14.2. The fourth-order valence-corrected chi connectivity index (χ4v) is 8.06. The minimum atomic E-state index is 0.666. The summed E-state index contributed by atoms with van der Waals surface area (Å²) in [4.78, 5) is 2.33. The number of para-hydroxylation sites is 2. The first-order chi connectivity index (χ1) is 27.7. The molecule has 0 aliphatic rings. The molecule has 0 N–H and O–H groups in total. The lowest BCUT2D eigenvalue weighted by molar-refractivity contribution is 1.17. The average molecular weight is 714 g/mol. The summed E-state index contributed by atoms with van der Waals surface area (Å²) < 4.78 is 2.36. The zero-order valence-electron chi connectivity index (χ0n) is 30.5. The maximum atomic E-state index is 9.19. The van der Waals surface area contributed by atoms with Crippen molar-refractivity contribution in [3.8, 4) is 45.1 Å². The van der Waals surface area contributed by atoms with Gasteiger partial charge in [0.25, 0.3) is 0 Å². The van der Waals surface area contributed by atoms with Gasteiger partial charge in [0.2, 0.25) is 0 Å². The van der Waals surface area contributed by atoms with E-state index in [1.54, 1.807) is 0 Å². The third kappa shape index (κ3) is 5.87. The van der Waals surface area contributed by atoms with E-state index in [0.29, 0.717) is 5.56 Å². The van der Waals surface area contributed by atoms with Gasteiger partial charge in [0.05, 0.1) is 22.7 Å². The second-order valence-electron chi connectivity index (χ2n) is 14.1. The third-order valence-electron chi connectivity index (χ3n) is 10.9. The molecule has 0 radical (unpaired) electrons. The molecule has 3 heteroatoms. The lowest BCUT2D eigenvalue weighted by Crippen LogP contribution is -2.10. The van der Waals surface area contributed by atoms with Crippen LogP contribution in [0.2, 0.25) is 0 Å². The second kappa shape index (κ2) is 14.0. The van der Waals surface area contributed by atoms with Gasteiger partial charge < -0.3 is 9.47 Å². The van der Waals surface area contributed by atoms with Gasteiger partial charge in [0.15, 0.2) is 0 Å². The molecule has 0 aliphatic heterocycles. The monoisotopic (exact) mass is 713 g/mol. The van der Waals surface area contributed by atoms with Gasteiger partial charge in [-0.05, 0) is 117 Å². The summed E-state index contributed by atoms with van der Waals surface area (Å²) in [5.74, 6) is 0. The number of fused-ring (bicyclic) bond motifs is 4. The molecule has 0 spiro atoms. The van der Waals surface area contributed by atoms with Crippen LogP contribution in [-0.4, -0.2) is 4.57 Å². The average Bonchev–Trinajstić information content (AvgIpc) is 3.61. The van der Waals surface area contributed by atoms with Crippen LogP contribution in [0.4, 0.5) is 17.1 Å². The van der Waals surface area contributed by atoms with Gasteiger partial charge in [0.1, 0.15) is 0 Å². The minimum Gasteiger partial charge on any atom is -0.311 e. The highest BCUT2D eigenvalue weighted by Crippen LogP contribution is 2.39. The highest BCUT2D eigenvalue weighted by molar-refractivity contribution is 6.09. The molecule has 3 nitrogen and oxygen atoms in total. The van der Waals surface area contributed by atoms with Crippen LogP contribution in [0.25, 0.3) is 71.6 Å². The molecular weight excluding hydrogens is 679 g/mol. The highest BCUT2D eigenvalue weighted by atomic mass is 15.1. The number of rotatable bonds is 7.